The molecule has 1 saturated carbocycles. The molecule has 0 radical (unpaired) electrons. The highest BCUT2D eigenvalue weighted by atomic mass is 19.1. The predicted molar refractivity (Wildman–Crippen MR) is 67.3 cm³/mol. The van der Waals surface area contributed by atoms with Gasteiger partial charge in [0, 0.05) is 12.1 Å². The Labute approximate surface area is 108 Å². The summed E-state index contributed by atoms with van der Waals surface area (Å²) in [5.41, 5.74) is 0.513. The third kappa shape index (κ3) is 2.31. The third-order valence-electron chi connectivity index (χ3n) is 3.14. The van der Waals surface area contributed by atoms with E-state index < -0.39 is 0 Å². The highest BCUT2D eigenvalue weighted by Gasteiger charge is 2.32. The van der Waals surface area contributed by atoms with Crippen LogP contribution < -0.4 is 5.56 Å². The molecule has 0 amide bonds. The Kier molecular flexibility index (Phi) is 2.74. The molecule has 1 aromatic carbocycles. The second-order valence-electron chi connectivity index (χ2n) is 4.62. The van der Waals surface area contributed by atoms with Crippen molar-refractivity contribution in [3.63, 3.8) is 0 Å². The molecule has 0 atom stereocenters. The summed E-state index contributed by atoms with van der Waals surface area (Å²) in [7, 11) is 0. The summed E-state index contributed by atoms with van der Waals surface area (Å²) in [6.07, 6.45) is 3.09. The van der Waals surface area contributed by atoms with Gasteiger partial charge in [-0.15, -0.1) is 0 Å². The third-order valence-corrected chi connectivity index (χ3v) is 3.14. The summed E-state index contributed by atoms with van der Waals surface area (Å²) in [6.45, 7) is 0. The Morgan fingerprint density at radius 1 is 1.26 bits per heavy atom. The van der Waals surface area contributed by atoms with Crippen LogP contribution in [-0.2, 0) is 0 Å². The van der Waals surface area contributed by atoms with Gasteiger partial charge < -0.3 is 4.98 Å². The molecule has 1 aromatic heterocycles. The molecule has 96 valence electrons. The maximum Gasteiger partial charge on any atom is 0.259 e. The molecule has 2 aromatic rings. The van der Waals surface area contributed by atoms with Crippen molar-refractivity contribution in [1.82, 2.24) is 9.97 Å². The molecule has 1 aliphatic carbocycles. The van der Waals surface area contributed by atoms with Crippen LogP contribution in [0.25, 0.3) is 11.1 Å². The molecule has 1 fully saturated rings. The molecule has 0 saturated heterocycles. The Bertz CT molecular complexity index is 687. The summed E-state index contributed by atoms with van der Waals surface area (Å²) in [5.74, 6) is -0.352. The SMILES string of the molecule is O=C(c1ncc(-c2ccc(F)cc2)c(=O)[nH]1)C1CC1. The minimum absolute atomic E-state index is 0.0137. The fourth-order valence-electron chi connectivity index (χ4n) is 1.89. The van der Waals surface area contributed by atoms with Crippen molar-refractivity contribution in [2.24, 2.45) is 5.92 Å². The summed E-state index contributed by atoms with van der Waals surface area (Å²) in [6, 6.07) is 5.56. The van der Waals surface area contributed by atoms with Crippen molar-refractivity contribution in [3.05, 3.63) is 52.5 Å². The minimum atomic E-state index is -0.384. The lowest BCUT2D eigenvalue weighted by molar-refractivity contribution is 0.0957. The predicted octanol–water partition coefficient (Wildman–Crippen LogP) is 2.17. The number of rotatable bonds is 3. The quantitative estimate of drug-likeness (QED) is 0.858. The lowest BCUT2D eigenvalue weighted by atomic mass is 10.1. The van der Waals surface area contributed by atoms with E-state index in [2.05, 4.69) is 9.97 Å². The van der Waals surface area contributed by atoms with Crippen molar-refractivity contribution < 1.29 is 9.18 Å². The van der Waals surface area contributed by atoms with Crippen molar-refractivity contribution >= 4 is 5.78 Å². The van der Waals surface area contributed by atoms with Crippen molar-refractivity contribution in [3.8, 4) is 11.1 Å². The molecule has 19 heavy (non-hydrogen) atoms. The van der Waals surface area contributed by atoms with Gasteiger partial charge in [-0.2, -0.15) is 0 Å². The minimum Gasteiger partial charge on any atom is -0.303 e. The topological polar surface area (TPSA) is 62.8 Å². The molecule has 1 heterocycles. The summed E-state index contributed by atoms with van der Waals surface area (Å²) in [4.78, 5) is 30.2. The van der Waals surface area contributed by atoms with Crippen molar-refractivity contribution in [1.29, 1.82) is 0 Å². The average molecular weight is 258 g/mol. The first-order valence-electron chi connectivity index (χ1n) is 6.04. The van der Waals surface area contributed by atoms with Crippen LogP contribution in [0.2, 0.25) is 0 Å². The molecule has 0 aliphatic heterocycles. The largest absolute Gasteiger partial charge is 0.303 e. The summed E-state index contributed by atoms with van der Waals surface area (Å²) >= 11 is 0. The number of H-pyrrole nitrogens is 1. The van der Waals surface area contributed by atoms with E-state index in [0.717, 1.165) is 12.8 Å². The van der Waals surface area contributed by atoms with E-state index in [-0.39, 0.29) is 28.9 Å². The van der Waals surface area contributed by atoms with E-state index >= 15 is 0 Å². The first-order valence-corrected chi connectivity index (χ1v) is 6.04. The Hall–Kier alpha value is -2.30. The highest BCUT2D eigenvalue weighted by molar-refractivity contribution is 5.96. The van der Waals surface area contributed by atoms with Crippen LogP contribution in [0.5, 0.6) is 0 Å². The van der Waals surface area contributed by atoms with Crippen LogP contribution in [0.3, 0.4) is 0 Å². The van der Waals surface area contributed by atoms with Crippen molar-refractivity contribution in [2.75, 3.05) is 0 Å². The molecule has 0 bridgehead atoms. The number of benzene rings is 1. The van der Waals surface area contributed by atoms with E-state index in [1.165, 1.54) is 30.5 Å². The van der Waals surface area contributed by atoms with Gasteiger partial charge in [-0.05, 0) is 30.5 Å². The first kappa shape index (κ1) is 11.8. The molecular weight excluding hydrogens is 247 g/mol. The number of halogens is 1. The van der Waals surface area contributed by atoms with Gasteiger partial charge in [0.1, 0.15) is 5.82 Å². The number of aromatic amines is 1. The van der Waals surface area contributed by atoms with Gasteiger partial charge in [0.2, 0.25) is 5.78 Å². The number of Topliss-reactive ketones (excluding diaryl/α,β-unsaturated/α-hetero) is 1. The first-order chi connectivity index (χ1) is 9.15. The number of aromatic nitrogens is 2. The maximum absolute atomic E-state index is 12.8. The van der Waals surface area contributed by atoms with Crippen LogP contribution in [0.15, 0.2) is 35.3 Å². The zero-order chi connectivity index (χ0) is 13.4. The zero-order valence-corrected chi connectivity index (χ0v) is 10.0. The molecule has 4 nitrogen and oxygen atoms in total. The summed E-state index contributed by atoms with van der Waals surface area (Å²) in [5, 5.41) is 0. The maximum atomic E-state index is 12.8. The Morgan fingerprint density at radius 3 is 2.53 bits per heavy atom. The van der Waals surface area contributed by atoms with Crippen LogP contribution in [0.1, 0.15) is 23.5 Å². The Morgan fingerprint density at radius 2 is 1.95 bits per heavy atom. The van der Waals surface area contributed by atoms with E-state index in [4.69, 9.17) is 0 Å². The lowest BCUT2D eigenvalue weighted by Gasteiger charge is -2.02. The molecule has 1 aliphatic rings. The zero-order valence-electron chi connectivity index (χ0n) is 10.0. The number of nitrogens with one attached hydrogen (secondary N) is 1. The van der Waals surface area contributed by atoms with E-state index in [1.807, 2.05) is 0 Å². The van der Waals surface area contributed by atoms with Gasteiger partial charge in [-0.3, -0.25) is 9.59 Å². The fraction of sp³-hybridized carbons (Fsp3) is 0.214. The number of ketones is 1. The second-order valence-corrected chi connectivity index (χ2v) is 4.62. The van der Waals surface area contributed by atoms with Gasteiger partial charge in [0.15, 0.2) is 5.82 Å². The Balaban J connectivity index is 1.97. The average Bonchev–Trinajstić information content (AvgIpc) is 3.23. The normalized spacial score (nSPS) is 14.4. The summed E-state index contributed by atoms with van der Waals surface area (Å²) < 4.78 is 12.8. The van der Waals surface area contributed by atoms with Gasteiger partial charge in [0.25, 0.3) is 5.56 Å². The van der Waals surface area contributed by atoms with E-state index in [0.29, 0.717) is 11.1 Å². The molecular formula is C14H11FN2O2. The number of hydrogen-bond acceptors (Lipinski definition) is 3. The number of carbonyl (C=O) groups excluding carboxylic acids is 1. The van der Waals surface area contributed by atoms with Crippen LogP contribution >= 0.6 is 0 Å². The van der Waals surface area contributed by atoms with Gasteiger partial charge >= 0.3 is 0 Å². The number of carbonyl (C=O) groups is 1. The van der Waals surface area contributed by atoms with Crippen LogP contribution in [0, 0.1) is 11.7 Å². The van der Waals surface area contributed by atoms with Gasteiger partial charge in [-0.25, -0.2) is 9.37 Å². The standard InChI is InChI=1S/C14H11FN2O2/c15-10-5-3-8(4-6-10)11-7-16-13(17-14(11)19)12(18)9-1-2-9/h3-7,9H,1-2H2,(H,16,17,19). The lowest BCUT2D eigenvalue weighted by Crippen LogP contribution is -2.17. The molecule has 0 spiro atoms. The van der Waals surface area contributed by atoms with Gasteiger partial charge in [-0.1, -0.05) is 12.1 Å². The van der Waals surface area contributed by atoms with E-state index in [9.17, 15) is 14.0 Å². The monoisotopic (exact) mass is 258 g/mol. The van der Waals surface area contributed by atoms with Gasteiger partial charge in [0.05, 0.1) is 5.56 Å². The van der Waals surface area contributed by atoms with E-state index in [1.54, 1.807) is 0 Å². The molecule has 5 heteroatoms. The van der Waals surface area contributed by atoms with Crippen molar-refractivity contribution in [2.45, 2.75) is 12.8 Å². The smallest absolute Gasteiger partial charge is 0.259 e. The van der Waals surface area contributed by atoms with Crippen LogP contribution in [-0.4, -0.2) is 15.8 Å². The number of hydrogen-bond donors (Lipinski definition) is 1. The molecule has 3 rings (SSSR count). The fourth-order valence-corrected chi connectivity index (χ4v) is 1.89. The second kappa shape index (κ2) is 4.42. The molecule has 1 N–H and O–H groups in total. The van der Waals surface area contributed by atoms with Crippen LogP contribution in [0.4, 0.5) is 4.39 Å². The highest BCUT2D eigenvalue weighted by Crippen LogP contribution is 2.31. The molecule has 0 unspecified atom stereocenters. The number of nitrogens with zero attached hydrogens (tertiary/aromatic N) is 1.